The Labute approximate surface area is 187 Å². The molecule has 0 bridgehead atoms. The molecule has 3 heterocycles. The summed E-state index contributed by atoms with van der Waals surface area (Å²) in [6.45, 7) is 8.58. The average Bonchev–Trinajstić information content (AvgIpc) is 2.94. The molecule has 8 nitrogen and oxygen atoms in total. The van der Waals surface area contributed by atoms with Crippen LogP contribution in [0.5, 0.6) is 5.75 Å². The minimum absolute atomic E-state index is 0.0393. The molecule has 4 rings (SSSR count). The number of fused-ring (bicyclic) bond motifs is 1. The Morgan fingerprint density at radius 2 is 2.00 bits per heavy atom. The van der Waals surface area contributed by atoms with E-state index >= 15 is 0 Å². The van der Waals surface area contributed by atoms with Crippen LogP contribution in [0.3, 0.4) is 0 Å². The highest BCUT2D eigenvalue weighted by Crippen LogP contribution is 2.39. The first kappa shape index (κ1) is 22.0. The molecule has 1 aromatic carbocycles. The van der Waals surface area contributed by atoms with E-state index in [4.69, 9.17) is 4.74 Å². The smallest absolute Gasteiger partial charge is 0.246 e. The summed E-state index contributed by atoms with van der Waals surface area (Å²) in [5, 5.41) is 7.40. The molecule has 0 unspecified atom stereocenters. The molecule has 1 N–H and O–H groups in total. The lowest BCUT2D eigenvalue weighted by Crippen LogP contribution is -2.47. The number of benzene rings is 1. The number of aromatic nitrogens is 2. The summed E-state index contributed by atoms with van der Waals surface area (Å²) in [6, 6.07) is 6.60. The Morgan fingerprint density at radius 1 is 1.25 bits per heavy atom. The van der Waals surface area contributed by atoms with Crippen LogP contribution in [0.2, 0.25) is 0 Å². The Morgan fingerprint density at radius 3 is 2.72 bits per heavy atom. The van der Waals surface area contributed by atoms with Crippen LogP contribution >= 0.6 is 0 Å². The molecule has 2 atom stereocenters. The van der Waals surface area contributed by atoms with Gasteiger partial charge in [0.1, 0.15) is 17.4 Å². The van der Waals surface area contributed by atoms with Crippen LogP contribution in [0.15, 0.2) is 24.3 Å². The van der Waals surface area contributed by atoms with Crippen molar-refractivity contribution in [3.05, 3.63) is 41.2 Å². The summed E-state index contributed by atoms with van der Waals surface area (Å²) in [5.74, 6) is 0.269. The highest BCUT2D eigenvalue weighted by Gasteiger charge is 2.44. The minimum Gasteiger partial charge on any atom is -0.486 e. The van der Waals surface area contributed by atoms with Crippen molar-refractivity contribution in [3.8, 4) is 5.75 Å². The molecule has 0 saturated carbocycles. The van der Waals surface area contributed by atoms with E-state index in [9.17, 15) is 14.4 Å². The van der Waals surface area contributed by atoms with Gasteiger partial charge in [0.2, 0.25) is 11.8 Å². The van der Waals surface area contributed by atoms with Crippen molar-refractivity contribution < 1.29 is 19.1 Å². The third kappa shape index (κ3) is 3.89. The van der Waals surface area contributed by atoms with Crippen molar-refractivity contribution in [1.29, 1.82) is 0 Å². The third-order valence-corrected chi connectivity index (χ3v) is 6.70. The lowest BCUT2D eigenvalue weighted by Gasteiger charge is -2.37. The van der Waals surface area contributed by atoms with Crippen LogP contribution in [0, 0.1) is 13.8 Å². The predicted molar refractivity (Wildman–Crippen MR) is 120 cm³/mol. The van der Waals surface area contributed by atoms with Crippen LogP contribution in [0.1, 0.15) is 61.3 Å². The van der Waals surface area contributed by atoms with E-state index < -0.39 is 11.6 Å². The molecule has 1 aromatic heterocycles. The van der Waals surface area contributed by atoms with E-state index in [-0.39, 0.29) is 30.4 Å². The molecule has 8 heteroatoms. The lowest BCUT2D eigenvalue weighted by atomic mass is 9.84. The van der Waals surface area contributed by atoms with Crippen LogP contribution in [-0.2, 0) is 16.1 Å². The number of anilines is 1. The SMILES string of the molecule is CCn1nc(C)c(NC(=O)[C@H](C)N2CC[C@]3(CCC2=O)CC(=O)c2ccccc2O3)c1C. The fourth-order valence-corrected chi connectivity index (χ4v) is 4.74. The standard InChI is InChI=1S/C24H30N4O4/c1-5-28-16(3)22(15(2)26-28)25-23(31)17(4)27-13-12-24(11-10-21(27)30)14-19(29)18-8-6-7-9-20(18)32-24/h6-9,17H,5,10-14H2,1-4H3,(H,25,31)/t17-,24+/m0/s1. The fraction of sp³-hybridized carbons (Fsp3) is 0.500. The number of amides is 2. The molecule has 170 valence electrons. The number of likely N-dealkylation sites (tertiary alicyclic amines) is 1. The first-order chi connectivity index (χ1) is 15.2. The second kappa shape index (κ2) is 8.41. The lowest BCUT2D eigenvalue weighted by molar-refractivity contribution is -0.137. The highest BCUT2D eigenvalue weighted by atomic mass is 16.5. The van der Waals surface area contributed by atoms with Crippen molar-refractivity contribution in [2.75, 3.05) is 11.9 Å². The van der Waals surface area contributed by atoms with E-state index in [2.05, 4.69) is 10.4 Å². The van der Waals surface area contributed by atoms with Crippen molar-refractivity contribution in [3.63, 3.8) is 0 Å². The molecule has 1 spiro atoms. The summed E-state index contributed by atoms with van der Waals surface area (Å²) in [4.78, 5) is 40.3. The number of hydrogen-bond acceptors (Lipinski definition) is 5. The number of carbonyl (C=O) groups is 3. The van der Waals surface area contributed by atoms with E-state index in [0.717, 1.165) is 11.4 Å². The summed E-state index contributed by atoms with van der Waals surface area (Å²) < 4.78 is 8.12. The summed E-state index contributed by atoms with van der Waals surface area (Å²) in [7, 11) is 0. The molecule has 0 aliphatic carbocycles. The van der Waals surface area contributed by atoms with E-state index in [0.29, 0.717) is 42.9 Å². The Balaban J connectivity index is 1.49. The average molecular weight is 439 g/mol. The maximum absolute atomic E-state index is 13.0. The zero-order valence-corrected chi connectivity index (χ0v) is 19.1. The van der Waals surface area contributed by atoms with Gasteiger partial charge in [-0.15, -0.1) is 0 Å². The molecule has 2 aromatic rings. The second-order valence-corrected chi connectivity index (χ2v) is 8.75. The van der Waals surface area contributed by atoms with Crippen molar-refractivity contribution >= 4 is 23.3 Å². The van der Waals surface area contributed by atoms with Crippen molar-refractivity contribution in [2.45, 2.75) is 71.6 Å². The first-order valence-corrected chi connectivity index (χ1v) is 11.2. The summed E-state index contributed by atoms with van der Waals surface area (Å²) in [5.41, 5.74) is 2.22. The number of ether oxygens (including phenoxy) is 1. The number of carbonyl (C=O) groups excluding carboxylic acids is 3. The van der Waals surface area contributed by atoms with Gasteiger partial charge in [0.25, 0.3) is 0 Å². The third-order valence-electron chi connectivity index (χ3n) is 6.70. The number of rotatable bonds is 4. The van der Waals surface area contributed by atoms with E-state index in [1.165, 1.54) is 0 Å². The molecule has 32 heavy (non-hydrogen) atoms. The van der Waals surface area contributed by atoms with Gasteiger partial charge in [-0.1, -0.05) is 12.1 Å². The Kier molecular flexibility index (Phi) is 5.79. The zero-order valence-electron chi connectivity index (χ0n) is 19.1. The molecular weight excluding hydrogens is 408 g/mol. The van der Waals surface area contributed by atoms with Crippen LogP contribution in [-0.4, -0.2) is 50.5 Å². The number of nitrogens with zero attached hydrogens (tertiary/aromatic N) is 3. The molecule has 0 radical (unpaired) electrons. The van der Waals surface area contributed by atoms with Crippen LogP contribution < -0.4 is 10.1 Å². The number of para-hydroxylation sites is 1. The van der Waals surface area contributed by atoms with Gasteiger partial charge in [-0.25, -0.2) is 0 Å². The monoisotopic (exact) mass is 438 g/mol. The summed E-state index contributed by atoms with van der Waals surface area (Å²) >= 11 is 0. The predicted octanol–water partition coefficient (Wildman–Crippen LogP) is 3.26. The fourth-order valence-electron chi connectivity index (χ4n) is 4.74. The zero-order chi connectivity index (χ0) is 23.0. The number of nitrogens with one attached hydrogen (secondary N) is 1. The van der Waals surface area contributed by atoms with Gasteiger partial charge in [0.15, 0.2) is 5.78 Å². The minimum atomic E-state index is -0.707. The van der Waals surface area contributed by atoms with E-state index in [1.54, 1.807) is 24.0 Å². The largest absolute Gasteiger partial charge is 0.486 e. The molecule has 2 aliphatic rings. The molecule has 1 fully saturated rings. The number of Topliss-reactive ketones (excluding diaryl/α,β-unsaturated/α-hetero) is 1. The van der Waals surface area contributed by atoms with Gasteiger partial charge in [0, 0.05) is 25.9 Å². The van der Waals surface area contributed by atoms with Crippen LogP contribution in [0.25, 0.3) is 0 Å². The molecule has 1 saturated heterocycles. The number of hydrogen-bond donors (Lipinski definition) is 1. The second-order valence-electron chi connectivity index (χ2n) is 8.75. The first-order valence-electron chi connectivity index (χ1n) is 11.2. The number of ketones is 1. The highest BCUT2D eigenvalue weighted by molar-refractivity contribution is 6.00. The summed E-state index contributed by atoms with van der Waals surface area (Å²) in [6.07, 6.45) is 1.44. The maximum atomic E-state index is 13.0. The van der Waals surface area contributed by atoms with Crippen LogP contribution in [0.4, 0.5) is 5.69 Å². The quantitative estimate of drug-likeness (QED) is 0.791. The van der Waals surface area contributed by atoms with Gasteiger partial charge < -0.3 is 15.0 Å². The molecule has 2 aliphatic heterocycles. The molecule has 2 amide bonds. The van der Waals surface area contributed by atoms with Crippen molar-refractivity contribution in [1.82, 2.24) is 14.7 Å². The van der Waals surface area contributed by atoms with E-state index in [1.807, 2.05) is 37.6 Å². The maximum Gasteiger partial charge on any atom is 0.246 e. The Hall–Kier alpha value is -3.16. The number of aryl methyl sites for hydroxylation is 2. The Bertz CT molecular complexity index is 1080. The van der Waals surface area contributed by atoms with Gasteiger partial charge in [-0.3, -0.25) is 19.1 Å². The van der Waals surface area contributed by atoms with Gasteiger partial charge in [-0.2, -0.15) is 5.10 Å². The van der Waals surface area contributed by atoms with Crippen molar-refractivity contribution in [2.24, 2.45) is 0 Å². The van der Waals surface area contributed by atoms with Gasteiger partial charge in [-0.05, 0) is 46.2 Å². The van der Waals surface area contributed by atoms with Gasteiger partial charge >= 0.3 is 0 Å². The topological polar surface area (TPSA) is 93.5 Å². The molecular formula is C24H30N4O4. The normalized spacial score (nSPS) is 21.7. The van der Waals surface area contributed by atoms with Gasteiger partial charge in [0.05, 0.1) is 29.1 Å².